The van der Waals surface area contributed by atoms with Crippen LogP contribution in [0.5, 0.6) is 0 Å². The molecule has 4 heteroatoms. The highest BCUT2D eigenvalue weighted by Crippen LogP contribution is 2.28. The van der Waals surface area contributed by atoms with Crippen LogP contribution in [0, 0.1) is 6.92 Å². The monoisotopic (exact) mass is 341 g/mol. The van der Waals surface area contributed by atoms with Gasteiger partial charge in [-0.1, -0.05) is 60.2 Å². The average molecular weight is 341 g/mol. The number of benzene rings is 2. The summed E-state index contributed by atoms with van der Waals surface area (Å²) in [5, 5.41) is 2.49. The van der Waals surface area contributed by atoms with Gasteiger partial charge in [0.1, 0.15) is 5.25 Å². The van der Waals surface area contributed by atoms with Crippen LogP contribution in [0.4, 0.5) is 0 Å². The lowest BCUT2D eigenvalue weighted by atomic mass is 10.0. The van der Waals surface area contributed by atoms with Crippen LogP contribution >= 0.6 is 0 Å². The van der Waals surface area contributed by atoms with E-state index in [2.05, 4.69) is 18.5 Å². The molecule has 0 radical (unpaired) electrons. The van der Waals surface area contributed by atoms with Crippen LogP contribution in [0.25, 0.3) is 0 Å². The molecule has 24 heavy (non-hydrogen) atoms. The van der Waals surface area contributed by atoms with Gasteiger partial charge in [-0.3, -0.25) is 0 Å². The van der Waals surface area contributed by atoms with Crippen LogP contribution in [-0.4, -0.2) is 20.2 Å². The molecule has 0 saturated carbocycles. The lowest BCUT2D eigenvalue weighted by Crippen LogP contribution is -2.36. The van der Waals surface area contributed by atoms with E-state index in [0.29, 0.717) is 11.4 Å². The highest BCUT2D eigenvalue weighted by Gasteiger charge is 2.33. The summed E-state index contributed by atoms with van der Waals surface area (Å²) >= 11 is 0. The number of rotatable bonds is 8. The minimum atomic E-state index is -3.55. The maximum absolute atomic E-state index is 13.1. The Morgan fingerprint density at radius 2 is 1.67 bits per heavy atom. The molecule has 0 bridgehead atoms. The van der Waals surface area contributed by atoms with E-state index < -0.39 is 21.1 Å². The van der Waals surface area contributed by atoms with Crippen molar-refractivity contribution < 1.29 is 8.42 Å². The third-order valence-electron chi connectivity index (χ3n) is 3.91. The first-order valence-corrected chi connectivity index (χ1v) is 9.37. The van der Waals surface area contributed by atoms with E-state index in [-0.39, 0.29) is 0 Å². The molecule has 2 aromatic rings. The Morgan fingerprint density at radius 3 is 2.21 bits per heavy atom. The third kappa shape index (κ3) is 4.02. The molecule has 2 rings (SSSR count). The Morgan fingerprint density at radius 1 is 1.04 bits per heavy atom. The fourth-order valence-corrected chi connectivity index (χ4v) is 4.33. The van der Waals surface area contributed by atoms with E-state index in [9.17, 15) is 8.42 Å². The molecule has 0 heterocycles. The van der Waals surface area contributed by atoms with Crippen molar-refractivity contribution in [2.45, 2.75) is 23.1 Å². The second-order valence-corrected chi connectivity index (χ2v) is 7.75. The average Bonchev–Trinajstić information content (AvgIpc) is 2.60. The number of hydrogen-bond acceptors (Lipinski definition) is 3. The van der Waals surface area contributed by atoms with Gasteiger partial charge in [0.15, 0.2) is 9.84 Å². The highest BCUT2D eigenvalue weighted by atomic mass is 32.2. The number of sulfone groups is 1. The van der Waals surface area contributed by atoms with E-state index in [1.807, 2.05) is 31.2 Å². The van der Waals surface area contributed by atoms with Gasteiger partial charge in [-0.25, -0.2) is 8.42 Å². The summed E-state index contributed by atoms with van der Waals surface area (Å²) in [4.78, 5) is 0.299. The molecule has 0 unspecified atom stereocenters. The van der Waals surface area contributed by atoms with E-state index >= 15 is 0 Å². The number of nitrogens with one attached hydrogen (secondary N) is 1. The predicted molar refractivity (Wildman–Crippen MR) is 99.7 cm³/mol. The van der Waals surface area contributed by atoms with Crippen LogP contribution in [0.1, 0.15) is 17.2 Å². The fraction of sp³-hybridized carbons (Fsp3) is 0.200. The summed E-state index contributed by atoms with van der Waals surface area (Å²) in [6.45, 7) is 10.00. The number of aryl methyl sites for hydroxylation is 1. The zero-order valence-electron chi connectivity index (χ0n) is 13.9. The first-order valence-electron chi connectivity index (χ1n) is 7.83. The Hall–Kier alpha value is -2.17. The van der Waals surface area contributed by atoms with Crippen molar-refractivity contribution in [1.82, 2.24) is 5.32 Å². The largest absolute Gasteiger partial charge is 0.305 e. The van der Waals surface area contributed by atoms with Crippen molar-refractivity contribution >= 4 is 9.84 Å². The normalized spacial score (nSPS) is 13.9. The van der Waals surface area contributed by atoms with Gasteiger partial charge < -0.3 is 5.32 Å². The van der Waals surface area contributed by atoms with E-state index in [4.69, 9.17) is 0 Å². The molecule has 0 aliphatic heterocycles. The molecule has 0 fully saturated rings. The molecule has 2 aromatic carbocycles. The SMILES string of the molecule is C=CCN[C@H](c1ccc(C)cc1)[C@H](C=C)S(=O)(=O)c1ccccc1. The van der Waals surface area contributed by atoms with Gasteiger partial charge in [-0.05, 0) is 24.6 Å². The maximum Gasteiger partial charge on any atom is 0.186 e. The standard InChI is InChI=1S/C20H23NO2S/c1-4-15-21-20(17-13-11-16(3)12-14-17)19(5-2)24(22,23)18-9-7-6-8-10-18/h4-14,19-21H,1-2,15H2,3H3/t19-,20+/m0/s1. The number of hydrogen-bond donors (Lipinski definition) is 1. The summed E-state index contributed by atoms with van der Waals surface area (Å²) in [5.41, 5.74) is 2.04. The summed E-state index contributed by atoms with van der Waals surface area (Å²) in [5.74, 6) is 0. The van der Waals surface area contributed by atoms with Crippen LogP contribution in [0.2, 0.25) is 0 Å². The van der Waals surface area contributed by atoms with Crippen molar-refractivity contribution in [1.29, 1.82) is 0 Å². The molecule has 0 aliphatic rings. The molecule has 3 nitrogen and oxygen atoms in total. The molecule has 2 atom stereocenters. The first-order chi connectivity index (χ1) is 11.5. The molecule has 0 aromatic heterocycles. The Labute approximate surface area is 144 Å². The van der Waals surface area contributed by atoms with Gasteiger partial charge in [0, 0.05) is 6.54 Å². The molecule has 0 spiro atoms. The predicted octanol–water partition coefficient (Wildman–Crippen LogP) is 3.84. The third-order valence-corrected chi connectivity index (χ3v) is 6.02. The Balaban J connectivity index is 2.47. The van der Waals surface area contributed by atoms with E-state index in [0.717, 1.165) is 11.1 Å². The topological polar surface area (TPSA) is 46.2 Å². The van der Waals surface area contributed by atoms with Crippen LogP contribution in [0.3, 0.4) is 0 Å². The fourth-order valence-electron chi connectivity index (χ4n) is 2.62. The molecular weight excluding hydrogens is 318 g/mol. The Kier molecular flexibility index (Phi) is 6.12. The second-order valence-electron chi connectivity index (χ2n) is 5.64. The molecule has 0 saturated heterocycles. The minimum Gasteiger partial charge on any atom is -0.305 e. The molecule has 0 aliphatic carbocycles. The lowest BCUT2D eigenvalue weighted by molar-refractivity contribution is 0.535. The van der Waals surface area contributed by atoms with Crippen molar-refractivity contribution in [3.05, 3.63) is 91.0 Å². The zero-order valence-corrected chi connectivity index (χ0v) is 14.7. The lowest BCUT2D eigenvalue weighted by Gasteiger charge is -2.26. The van der Waals surface area contributed by atoms with E-state index in [1.165, 1.54) is 6.08 Å². The summed E-state index contributed by atoms with van der Waals surface area (Å²) in [6.07, 6.45) is 3.22. The van der Waals surface area contributed by atoms with Crippen molar-refractivity contribution in [2.24, 2.45) is 0 Å². The molecular formula is C20H23NO2S. The van der Waals surface area contributed by atoms with Gasteiger partial charge >= 0.3 is 0 Å². The Bertz CT molecular complexity index is 780. The quantitative estimate of drug-likeness (QED) is 0.742. The molecule has 0 amide bonds. The first kappa shape index (κ1) is 18.2. The van der Waals surface area contributed by atoms with Crippen molar-refractivity contribution in [2.75, 3.05) is 6.54 Å². The summed E-state index contributed by atoms with van der Waals surface area (Å²) in [6, 6.07) is 16.0. The van der Waals surface area contributed by atoms with Crippen molar-refractivity contribution in [3.8, 4) is 0 Å². The summed E-state index contributed by atoms with van der Waals surface area (Å²) in [7, 11) is -3.55. The minimum absolute atomic E-state index is 0.299. The van der Waals surface area contributed by atoms with Crippen LogP contribution in [0.15, 0.2) is 84.8 Å². The second kappa shape index (κ2) is 8.08. The maximum atomic E-state index is 13.1. The van der Waals surface area contributed by atoms with Gasteiger partial charge in [-0.15, -0.1) is 13.2 Å². The smallest absolute Gasteiger partial charge is 0.186 e. The van der Waals surface area contributed by atoms with Crippen molar-refractivity contribution in [3.63, 3.8) is 0 Å². The van der Waals surface area contributed by atoms with Gasteiger partial charge in [-0.2, -0.15) is 0 Å². The summed E-state index contributed by atoms with van der Waals surface area (Å²) < 4.78 is 26.1. The van der Waals surface area contributed by atoms with Crippen LogP contribution in [-0.2, 0) is 9.84 Å². The highest BCUT2D eigenvalue weighted by molar-refractivity contribution is 7.92. The van der Waals surface area contributed by atoms with E-state index in [1.54, 1.807) is 36.4 Å². The van der Waals surface area contributed by atoms with Gasteiger partial charge in [0.25, 0.3) is 0 Å². The van der Waals surface area contributed by atoms with Crippen LogP contribution < -0.4 is 5.32 Å². The van der Waals surface area contributed by atoms with Gasteiger partial charge in [0.2, 0.25) is 0 Å². The molecule has 1 N–H and O–H groups in total. The van der Waals surface area contributed by atoms with Gasteiger partial charge in [0.05, 0.1) is 10.9 Å². The zero-order chi connectivity index (χ0) is 17.6. The molecule has 126 valence electrons.